The summed E-state index contributed by atoms with van der Waals surface area (Å²) in [6.07, 6.45) is 1.66. The van der Waals surface area contributed by atoms with Gasteiger partial charge in [-0.25, -0.2) is 4.98 Å². The minimum atomic E-state index is -0.441. The van der Waals surface area contributed by atoms with Gasteiger partial charge in [-0.3, -0.25) is 9.59 Å². The highest BCUT2D eigenvalue weighted by atomic mass is 79.9. The van der Waals surface area contributed by atoms with Crippen LogP contribution in [0.3, 0.4) is 0 Å². The summed E-state index contributed by atoms with van der Waals surface area (Å²) in [5, 5.41) is 4.06. The van der Waals surface area contributed by atoms with Crippen LogP contribution in [0, 0.1) is 6.92 Å². The van der Waals surface area contributed by atoms with E-state index < -0.39 is 5.97 Å². The zero-order chi connectivity index (χ0) is 16.7. The topological polar surface area (TPSA) is 73.6 Å². The Hall–Kier alpha value is -1.58. The van der Waals surface area contributed by atoms with Crippen molar-refractivity contribution in [1.82, 2.24) is 14.6 Å². The Morgan fingerprint density at radius 3 is 2.78 bits per heavy atom. The fourth-order valence-corrected chi connectivity index (χ4v) is 4.30. The summed E-state index contributed by atoms with van der Waals surface area (Å²) in [5.74, 6) is 0.462. The first kappa shape index (κ1) is 16.3. The Morgan fingerprint density at radius 1 is 1.39 bits per heavy atom. The minimum absolute atomic E-state index is 0.254. The molecular weight excluding hydrogens is 450 g/mol. The van der Waals surface area contributed by atoms with Crippen LogP contribution in [0.2, 0.25) is 0 Å². The van der Waals surface area contributed by atoms with Crippen LogP contribution in [0.1, 0.15) is 18.3 Å². The lowest BCUT2D eigenvalue weighted by Crippen LogP contribution is -2.23. The monoisotopic (exact) mass is 457 g/mol. The number of carbonyl (C=O) groups excluding carboxylic acids is 1. The zero-order valence-electron chi connectivity index (χ0n) is 12.0. The van der Waals surface area contributed by atoms with Crippen molar-refractivity contribution in [2.45, 2.75) is 13.8 Å². The summed E-state index contributed by atoms with van der Waals surface area (Å²) >= 11 is 7.98. The number of benzene rings is 1. The van der Waals surface area contributed by atoms with Crippen molar-refractivity contribution in [3.63, 3.8) is 0 Å². The molecule has 0 aliphatic heterocycles. The molecule has 0 fully saturated rings. The molecule has 3 aromatic rings. The first-order valence-corrected chi connectivity index (χ1v) is 8.81. The van der Waals surface area contributed by atoms with E-state index in [1.54, 1.807) is 25.1 Å². The summed E-state index contributed by atoms with van der Waals surface area (Å²) in [7, 11) is 0. The average Bonchev–Trinajstić information content (AvgIpc) is 2.93. The van der Waals surface area contributed by atoms with Crippen LogP contribution in [0.25, 0.3) is 11.0 Å². The molecule has 0 aliphatic rings. The van der Waals surface area contributed by atoms with E-state index in [1.165, 1.54) is 22.8 Å². The van der Waals surface area contributed by atoms with Gasteiger partial charge in [0.1, 0.15) is 5.82 Å². The lowest BCUT2D eigenvalue weighted by atomic mass is 10.2. The average molecular weight is 459 g/mol. The van der Waals surface area contributed by atoms with Gasteiger partial charge in [-0.05, 0) is 41.1 Å². The lowest BCUT2D eigenvalue weighted by molar-refractivity contribution is -0.131. The molecule has 2 heterocycles. The minimum Gasteiger partial charge on any atom is -0.425 e. The van der Waals surface area contributed by atoms with Crippen LogP contribution in [-0.4, -0.2) is 20.6 Å². The molecule has 9 heteroatoms. The van der Waals surface area contributed by atoms with Crippen molar-refractivity contribution in [3.8, 4) is 5.75 Å². The predicted octanol–water partition coefficient (Wildman–Crippen LogP) is 2.46. The van der Waals surface area contributed by atoms with E-state index in [0.29, 0.717) is 31.1 Å². The predicted molar refractivity (Wildman–Crippen MR) is 93.8 cm³/mol. The Balaban J connectivity index is 2.24. The van der Waals surface area contributed by atoms with Crippen molar-refractivity contribution in [2.24, 2.45) is 0 Å². The number of thiazole rings is 1. The molecule has 0 atom stereocenters. The van der Waals surface area contributed by atoms with Crippen molar-refractivity contribution in [3.05, 3.63) is 47.4 Å². The number of hydrogen-bond donors (Lipinski definition) is 0. The molecule has 0 saturated heterocycles. The van der Waals surface area contributed by atoms with Gasteiger partial charge in [0.2, 0.25) is 4.96 Å². The summed E-state index contributed by atoms with van der Waals surface area (Å²) in [4.78, 5) is 28.4. The molecule has 0 radical (unpaired) electrons. The third kappa shape index (κ3) is 3.22. The molecule has 0 N–H and O–H groups in total. The number of fused-ring (bicyclic) bond motifs is 1. The summed E-state index contributed by atoms with van der Waals surface area (Å²) in [5.41, 5.74) is 0.343. The third-order valence-electron chi connectivity index (χ3n) is 2.86. The van der Waals surface area contributed by atoms with Gasteiger partial charge in [0, 0.05) is 17.0 Å². The quantitative estimate of drug-likeness (QED) is 0.435. The Morgan fingerprint density at radius 2 is 2.13 bits per heavy atom. The van der Waals surface area contributed by atoms with Crippen LogP contribution in [0.5, 0.6) is 5.75 Å². The van der Waals surface area contributed by atoms with E-state index in [9.17, 15) is 9.59 Å². The van der Waals surface area contributed by atoms with E-state index >= 15 is 0 Å². The second kappa shape index (κ2) is 6.14. The maximum Gasteiger partial charge on any atom is 0.308 e. The van der Waals surface area contributed by atoms with Crippen molar-refractivity contribution in [2.75, 3.05) is 0 Å². The molecule has 0 bridgehead atoms. The standard InChI is InChI=1S/C14H9Br2N3O3S/c1-6-17-14-19(18-6)13(21)11(23-14)4-8-3-9(15)5-10(16)12(8)22-7(2)20/h3-5H,1-2H3/b11-4-. The highest BCUT2D eigenvalue weighted by Gasteiger charge is 2.13. The largest absolute Gasteiger partial charge is 0.425 e. The molecule has 118 valence electrons. The van der Waals surface area contributed by atoms with Gasteiger partial charge in [-0.15, -0.1) is 5.10 Å². The van der Waals surface area contributed by atoms with Gasteiger partial charge < -0.3 is 4.74 Å². The third-order valence-corrected chi connectivity index (χ3v) is 4.86. The van der Waals surface area contributed by atoms with Gasteiger partial charge in [-0.2, -0.15) is 4.52 Å². The van der Waals surface area contributed by atoms with Gasteiger partial charge in [0.25, 0.3) is 5.56 Å². The summed E-state index contributed by atoms with van der Waals surface area (Å²) < 4.78 is 8.36. The molecule has 0 spiro atoms. The second-order valence-electron chi connectivity index (χ2n) is 4.67. The van der Waals surface area contributed by atoms with Crippen LogP contribution < -0.4 is 14.8 Å². The van der Waals surface area contributed by atoms with Gasteiger partial charge >= 0.3 is 5.97 Å². The maximum atomic E-state index is 12.4. The first-order valence-electron chi connectivity index (χ1n) is 6.40. The van der Waals surface area contributed by atoms with Crippen LogP contribution in [0.15, 0.2) is 25.9 Å². The van der Waals surface area contributed by atoms with Crippen molar-refractivity contribution >= 4 is 60.2 Å². The summed E-state index contributed by atoms with van der Waals surface area (Å²) in [6.45, 7) is 3.05. The number of hydrogen-bond acceptors (Lipinski definition) is 6. The van der Waals surface area contributed by atoms with Crippen molar-refractivity contribution in [1.29, 1.82) is 0 Å². The van der Waals surface area contributed by atoms with Crippen molar-refractivity contribution < 1.29 is 9.53 Å². The number of aryl methyl sites for hydroxylation is 1. The lowest BCUT2D eigenvalue weighted by Gasteiger charge is -2.08. The number of carbonyl (C=O) groups is 1. The molecular formula is C14H9Br2N3O3S. The van der Waals surface area contributed by atoms with E-state index in [1.807, 2.05) is 0 Å². The van der Waals surface area contributed by atoms with Crippen LogP contribution >= 0.6 is 43.2 Å². The van der Waals surface area contributed by atoms with Gasteiger partial charge in [0.15, 0.2) is 5.75 Å². The Bertz CT molecular complexity index is 1040. The molecule has 1 aromatic carbocycles. The summed E-state index contributed by atoms with van der Waals surface area (Å²) in [6, 6.07) is 3.53. The number of nitrogens with zero attached hydrogens (tertiary/aromatic N) is 3. The Kier molecular flexibility index (Phi) is 4.35. The van der Waals surface area contributed by atoms with Gasteiger partial charge in [-0.1, -0.05) is 27.3 Å². The number of halogens is 2. The first-order chi connectivity index (χ1) is 10.8. The molecule has 0 amide bonds. The molecule has 3 rings (SSSR count). The smallest absolute Gasteiger partial charge is 0.308 e. The van der Waals surface area contributed by atoms with E-state index in [2.05, 4.69) is 41.9 Å². The molecule has 23 heavy (non-hydrogen) atoms. The van der Waals surface area contributed by atoms with E-state index in [-0.39, 0.29) is 5.56 Å². The van der Waals surface area contributed by atoms with E-state index in [0.717, 1.165) is 4.47 Å². The number of rotatable bonds is 2. The molecule has 2 aromatic heterocycles. The highest BCUT2D eigenvalue weighted by molar-refractivity contribution is 9.11. The van der Waals surface area contributed by atoms with Crippen LogP contribution in [0.4, 0.5) is 0 Å². The fraction of sp³-hybridized carbons (Fsp3) is 0.143. The molecule has 6 nitrogen and oxygen atoms in total. The van der Waals surface area contributed by atoms with Crippen LogP contribution in [-0.2, 0) is 4.79 Å². The fourth-order valence-electron chi connectivity index (χ4n) is 2.01. The number of ether oxygens (including phenoxy) is 1. The highest BCUT2D eigenvalue weighted by Crippen LogP contribution is 2.33. The second-order valence-corrected chi connectivity index (χ2v) is 7.45. The molecule has 0 aliphatic carbocycles. The van der Waals surface area contributed by atoms with Gasteiger partial charge in [0.05, 0.1) is 9.01 Å². The SMILES string of the molecule is CC(=O)Oc1c(Br)cc(Br)cc1/C=c1\sc2nc(C)nn2c1=O. The Labute approximate surface area is 151 Å². The van der Waals surface area contributed by atoms with E-state index in [4.69, 9.17) is 4.74 Å². The number of aromatic nitrogens is 3. The zero-order valence-corrected chi connectivity index (χ0v) is 16.0. The maximum absolute atomic E-state index is 12.4. The molecule has 0 saturated carbocycles. The molecule has 0 unspecified atom stereocenters. The normalized spacial score (nSPS) is 12.1. The number of esters is 1.